The maximum Gasteiger partial charge on any atom is 0.423 e. The first-order valence-corrected chi connectivity index (χ1v) is 9.20. The Bertz CT molecular complexity index is 957. The molecular formula is C18H13F12NO5. The van der Waals surface area contributed by atoms with Gasteiger partial charge in [0, 0.05) is 12.5 Å². The summed E-state index contributed by atoms with van der Waals surface area (Å²) in [6, 6.07) is 1.89. The van der Waals surface area contributed by atoms with Crippen molar-refractivity contribution in [3.63, 3.8) is 0 Å². The van der Waals surface area contributed by atoms with E-state index in [0.29, 0.717) is 19.1 Å². The molecule has 0 N–H and O–H groups in total. The topological polar surface area (TPSA) is 65.1 Å². The number of ether oxygens (including phenoxy) is 3. The molecule has 1 aliphatic heterocycles. The monoisotopic (exact) mass is 551 g/mol. The number of hydrogen-bond donors (Lipinski definition) is 0. The normalized spacial score (nSPS) is 19.2. The number of nitrogens with zero attached hydrogens (tertiary/aromatic N) is 1. The molecule has 1 amide bonds. The zero-order valence-corrected chi connectivity index (χ0v) is 17.6. The minimum atomic E-state index is -6.26. The Morgan fingerprint density at radius 3 is 1.64 bits per heavy atom. The molecule has 2 rings (SSSR count). The largest absolute Gasteiger partial charge is 0.465 e. The van der Waals surface area contributed by atoms with Crippen molar-refractivity contribution in [1.82, 2.24) is 0 Å². The van der Waals surface area contributed by atoms with E-state index in [2.05, 4.69) is 14.2 Å². The Hall–Kier alpha value is -2.76. The summed E-state index contributed by atoms with van der Waals surface area (Å²) in [4.78, 5) is 23.8. The van der Waals surface area contributed by atoms with E-state index in [1.54, 1.807) is 0 Å². The number of rotatable bonds is 5. The SMILES string of the molecule is COC(=O)c1ccc2c(c1)N(C(C)=O)C(OC(C(F)(F)F)C(F)(F)F)C2OC(C(F)(F)F)C(F)(F)F. The van der Waals surface area contributed by atoms with Gasteiger partial charge in [0.15, 0.2) is 6.23 Å². The second kappa shape index (κ2) is 9.60. The number of fused-ring (bicyclic) bond motifs is 1. The van der Waals surface area contributed by atoms with E-state index in [1.807, 2.05) is 0 Å². The van der Waals surface area contributed by atoms with Crippen LogP contribution >= 0.6 is 0 Å². The van der Waals surface area contributed by atoms with Crippen LogP contribution in [-0.4, -0.2) is 62.1 Å². The van der Waals surface area contributed by atoms with E-state index in [4.69, 9.17) is 0 Å². The maximum absolute atomic E-state index is 13.1. The van der Waals surface area contributed by atoms with Crippen LogP contribution in [0.4, 0.5) is 58.4 Å². The number of esters is 1. The van der Waals surface area contributed by atoms with Crippen molar-refractivity contribution in [1.29, 1.82) is 0 Å². The fourth-order valence-electron chi connectivity index (χ4n) is 3.25. The lowest BCUT2D eigenvalue weighted by atomic mass is 10.1. The van der Waals surface area contributed by atoms with E-state index >= 15 is 0 Å². The smallest absolute Gasteiger partial charge is 0.423 e. The van der Waals surface area contributed by atoms with Crippen molar-refractivity contribution in [2.75, 3.05) is 12.0 Å². The van der Waals surface area contributed by atoms with Crippen LogP contribution in [0, 0.1) is 0 Å². The Balaban J connectivity index is 2.75. The fourth-order valence-corrected chi connectivity index (χ4v) is 3.25. The van der Waals surface area contributed by atoms with Crippen molar-refractivity contribution < 1.29 is 76.5 Å². The summed E-state index contributed by atoms with van der Waals surface area (Å²) in [5.41, 5.74) is -2.25. The van der Waals surface area contributed by atoms with Gasteiger partial charge in [-0.1, -0.05) is 6.07 Å². The van der Waals surface area contributed by atoms with Gasteiger partial charge in [0.25, 0.3) is 6.10 Å². The summed E-state index contributed by atoms with van der Waals surface area (Å²) in [5, 5.41) is 0. The van der Waals surface area contributed by atoms with E-state index in [9.17, 15) is 62.3 Å². The van der Waals surface area contributed by atoms with Crippen LogP contribution in [0.15, 0.2) is 18.2 Å². The van der Waals surface area contributed by atoms with Crippen molar-refractivity contribution in [2.45, 2.75) is 56.2 Å². The first-order chi connectivity index (χ1) is 16.1. The van der Waals surface area contributed by atoms with Crippen molar-refractivity contribution >= 4 is 17.6 Å². The lowest BCUT2D eigenvalue weighted by Crippen LogP contribution is -2.53. The van der Waals surface area contributed by atoms with Crippen LogP contribution in [0.5, 0.6) is 0 Å². The quantitative estimate of drug-likeness (QED) is 0.371. The summed E-state index contributed by atoms with van der Waals surface area (Å²) >= 11 is 0. The third-order valence-electron chi connectivity index (χ3n) is 4.62. The number of alkyl halides is 12. The molecule has 0 bridgehead atoms. The molecule has 18 heteroatoms. The lowest BCUT2D eigenvalue weighted by Gasteiger charge is -2.34. The molecule has 1 aromatic carbocycles. The maximum atomic E-state index is 13.1. The molecule has 2 atom stereocenters. The zero-order valence-electron chi connectivity index (χ0n) is 17.6. The van der Waals surface area contributed by atoms with E-state index < -0.39 is 77.9 Å². The highest BCUT2D eigenvalue weighted by molar-refractivity contribution is 5.97. The average Bonchev–Trinajstić information content (AvgIpc) is 2.98. The number of methoxy groups -OCH3 is 1. The number of halogens is 12. The van der Waals surface area contributed by atoms with Gasteiger partial charge in [0.1, 0.15) is 6.10 Å². The van der Waals surface area contributed by atoms with Crippen molar-refractivity contribution in [2.24, 2.45) is 0 Å². The van der Waals surface area contributed by atoms with Crippen LogP contribution in [0.2, 0.25) is 0 Å². The van der Waals surface area contributed by atoms with E-state index in [1.165, 1.54) is 0 Å². The Labute approximate surface area is 192 Å². The van der Waals surface area contributed by atoms with Gasteiger partial charge in [-0.3, -0.25) is 9.69 Å². The molecule has 1 aromatic rings. The predicted octanol–water partition coefficient (Wildman–Crippen LogP) is 5.23. The number of amides is 1. The number of hydrogen-bond acceptors (Lipinski definition) is 5. The fraction of sp³-hybridized carbons (Fsp3) is 0.556. The molecule has 0 aromatic heterocycles. The van der Waals surface area contributed by atoms with Gasteiger partial charge in [-0.15, -0.1) is 0 Å². The molecule has 6 nitrogen and oxygen atoms in total. The summed E-state index contributed by atoms with van der Waals surface area (Å²) in [6.07, 6.45) is -40.5. The number of carbonyl (C=O) groups excluding carboxylic acids is 2. The van der Waals surface area contributed by atoms with Gasteiger partial charge in [-0.2, -0.15) is 52.7 Å². The first-order valence-electron chi connectivity index (χ1n) is 9.20. The van der Waals surface area contributed by atoms with E-state index in [0.717, 1.165) is 13.2 Å². The van der Waals surface area contributed by atoms with Gasteiger partial charge in [0.2, 0.25) is 12.0 Å². The van der Waals surface area contributed by atoms with Gasteiger partial charge in [-0.25, -0.2) is 4.79 Å². The van der Waals surface area contributed by atoms with Gasteiger partial charge >= 0.3 is 30.7 Å². The molecule has 0 saturated carbocycles. The standard InChI is InChI=1S/C18H13F12NO5/c1-6(32)31-9-5-7(12(33)34-2)3-4-8(9)10(35-13(15(19,20)21)16(22,23)24)11(31)36-14(17(25,26)27)18(28,29)30/h3-5,10-11,13-14H,1-2H3. The summed E-state index contributed by atoms with van der Waals surface area (Å²) in [7, 11) is 0.852. The third-order valence-corrected chi connectivity index (χ3v) is 4.62. The van der Waals surface area contributed by atoms with Crippen LogP contribution in [-0.2, 0) is 19.0 Å². The second-order valence-corrected chi connectivity index (χ2v) is 7.16. The van der Waals surface area contributed by atoms with Crippen LogP contribution in [0.1, 0.15) is 28.9 Å². The average molecular weight is 551 g/mol. The molecule has 0 fully saturated rings. The van der Waals surface area contributed by atoms with E-state index in [-0.39, 0.29) is 4.90 Å². The first kappa shape index (κ1) is 29.5. The summed E-state index contributed by atoms with van der Waals surface area (Å²) in [5.74, 6) is -2.64. The third kappa shape index (κ3) is 6.13. The van der Waals surface area contributed by atoms with Crippen LogP contribution in [0.3, 0.4) is 0 Å². The highest BCUT2D eigenvalue weighted by Gasteiger charge is 2.63. The molecular weight excluding hydrogens is 538 g/mol. The second-order valence-electron chi connectivity index (χ2n) is 7.16. The molecule has 0 spiro atoms. The molecule has 1 aliphatic rings. The minimum Gasteiger partial charge on any atom is -0.465 e. The van der Waals surface area contributed by atoms with Gasteiger partial charge in [-0.05, 0) is 12.1 Å². The molecule has 204 valence electrons. The highest BCUT2D eigenvalue weighted by Crippen LogP contribution is 2.49. The molecule has 1 heterocycles. The number of benzene rings is 1. The van der Waals surface area contributed by atoms with Crippen LogP contribution in [0.25, 0.3) is 0 Å². The van der Waals surface area contributed by atoms with Crippen molar-refractivity contribution in [3.05, 3.63) is 29.3 Å². The Kier molecular flexibility index (Phi) is 7.86. The summed E-state index contributed by atoms with van der Waals surface area (Å²) in [6.45, 7) is 0.522. The zero-order chi connectivity index (χ0) is 28.0. The number of anilines is 1. The molecule has 0 radical (unpaired) electrons. The predicted molar refractivity (Wildman–Crippen MR) is 91.4 cm³/mol. The molecule has 2 unspecified atom stereocenters. The minimum absolute atomic E-state index is 0.0826. The van der Waals surface area contributed by atoms with Gasteiger partial charge in [0.05, 0.1) is 18.4 Å². The van der Waals surface area contributed by atoms with Gasteiger partial charge < -0.3 is 14.2 Å². The molecule has 0 aliphatic carbocycles. The molecule has 0 saturated heterocycles. The number of carbonyl (C=O) groups is 2. The molecule has 36 heavy (non-hydrogen) atoms. The summed E-state index contributed by atoms with van der Waals surface area (Å²) < 4.78 is 169. The Morgan fingerprint density at radius 1 is 0.806 bits per heavy atom. The van der Waals surface area contributed by atoms with Crippen LogP contribution < -0.4 is 4.90 Å². The van der Waals surface area contributed by atoms with Crippen molar-refractivity contribution in [3.8, 4) is 0 Å². The lowest BCUT2D eigenvalue weighted by molar-refractivity contribution is -0.356. The highest BCUT2D eigenvalue weighted by atomic mass is 19.4. The Morgan fingerprint density at radius 2 is 1.25 bits per heavy atom.